The van der Waals surface area contributed by atoms with Crippen molar-refractivity contribution in [2.24, 2.45) is 0 Å². The summed E-state index contributed by atoms with van der Waals surface area (Å²) in [5, 5.41) is 0.399. The Morgan fingerprint density at radius 2 is 1.19 bits per heavy atom. The molecule has 0 atom stereocenters. The van der Waals surface area contributed by atoms with Crippen molar-refractivity contribution in [3.63, 3.8) is 0 Å². The van der Waals surface area contributed by atoms with E-state index >= 15 is 0 Å². The molecule has 0 radical (unpaired) electrons. The molecule has 0 bridgehead atoms. The first-order valence-corrected chi connectivity index (χ1v) is 10.5. The van der Waals surface area contributed by atoms with E-state index in [9.17, 15) is 0 Å². The number of ether oxygens (including phenoxy) is 1. The number of hydrogen-bond acceptors (Lipinski definition) is 2. The Morgan fingerprint density at radius 3 is 1.71 bits per heavy atom. The van der Waals surface area contributed by atoms with Crippen molar-refractivity contribution in [3.05, 3.63) is 0 Å². The third-order valence-corrected chi connectivity index (χ3v) is 4.91. The van der Waals surface area contributed by atoms with E-state index in [1.165, 1.54) is 64.2 Å². The van der Waals surface area contributed by atoms with Crippen LogP contribution in [0.3, 0.4) is 0 Å². The summed E-state index contributed by atoms with van der Waals surface area (Å²) in [6, 6.07) is 0. The second kappa shape index (κ2) is 15.0. The van der Waals surface area contributed by atoms with Gasteiger partial charge in [0.2, 0.25) is 0 Å². The van der Waals surface area contributed by atoms with Gasteiger partial charge < -0.3 is 9.16 Å². The molecular weight excluding hydrogens is 276 g/mol. The van der Waals surface area contributed by atoms with Gasteiger partial charge >= 0.3 is 0 Å². The average Bonchev–Trinajstić information content (AvgIpc) is 2.42. The van der Waals surface area contributed by atoms with Crippen LogP contribution in [0.2, 0.25) is 5.04 Å². The Hall–Kier alpha value is 0.137. The van der Waals surface area contributed by atoms with Gasteiger partial charge in [-0.15, -0.1) is 0 Å². The van der Waals surface area contributed by atoms with E-state index in [-0.39, 0.29) is 0 Å². The molecule has 0 rings (SSSR count). The molecule has 2 nitrogen and oxygen atoms in total. The molecule has 0 aromatic heterocycles. The fourth-order valence-electron chi connectivity index (χ4n) is 2.29. The maximum Gasteiger partial charge on any atom is 0.166 e. The third kappa shape index (κ3) is 20.1. The quantitative estimate of drug-likeness (QED) is 0.304. The normalized spacial score (nSPS) is 12.6. The summed E-state index contributed by atoms with van der Waals surface area (Å²) in [7, 11) is -0.392. The average molecular weight is 317 g/mol. The van der Waals surface area contributed by atoms with E-state index < -0.39 is 9.76 Å². The topological polar surface area (TPSA) is 18.5 Å². The standard InChI is InChI=1S/C18H40O2Si/c1-5-6-7-8-9-10-11-12-13-14-15-19-16-17-20-21-18(2,3)4/h5-17,21H2,1-4H3. The Labute approximate surface area is 136 Å². The van der Waals surface area contributed by atoms with Crippen molar-refractivity contribution in [1.82, 2.24) is 0 Å². The second-order valence-corrected chi connectivity index (χ2v) is 10.2. The van der Waals surface area contributed by atoms with Crippen molar-refractivity contribution in [1.29, 1.82) is 0 Å². The van der Waals surface area contributed by atoms with Crippen molar-refractivity contribution >= 4 is 9.76 Å². The highest BCUT2D eigenvalue weighted by molar-refractivity contribution is 6.31. The molecule has 3 heteroatoms. The number of hydrogen-bond donors (Lipinski definition) is 0. The molecule has 0 aliphatic carbocycles. The minimum absolute atomic E-state index is 0.392. The lowest BCUT2D eigenvalue weighted by atomic mass is 10.1. The molecular formula is C18H40O2Si. The second-order valence-electron chi connectivity index (χ2n) is 7.41. The Morgan fingerprint density at radius 1 is 0.667 bits per heavy atom. The van der Waals surface area contributed by atoms with Gasteiger partial charge in [-0.1, -0.05) is 85.5 Å². The SMILES string of the molecule is CCCCCCCCCCCCOCCO[SiH2]C(C)(C)C. The first-order valence-electron chi connectivity index (χ1n) is 9.22. The lowest BCUT2D eigenvalue weighted by Gasteiger charge is -2.16. The van der Waals surface area contributed by atoms with Crippen molar-refractivity contribution in [3.8, 4) is 0 Å². The summed E-state index contributed by atoms with van der Waals surface area (Å²) in [5.41, 5.74) is 0. The van der Waals surface area contributed by atoms with Crippen LogP contribution in [0, 0.1) is 0 Å². The molecule has 0 heterocycles. The number of unbranched alkanes of at least 4 members (excludes halogenated alkanes) is 9. The highest BCUT2D eigenvalue weighted by atomic mass is 28.2. The first kappa shape index (κ1) is 21.1. The van der Waals surface area contributed by atoms with Crippen LogP contribution < -0.4 is 0 Å². The van der Waals surface area contributed by atoms with Crippen LogP contribution >= 0.6 is 0 Å². The van der Waals surface area contributed by atoms with Gasteiger partial charge in [-0.05, 0) is 11.5 Å². The predicted molar refractivity (Wildman–Crippen MR) is 96.9 cm³/mol. The van der Waals surface area contributed by atoms with Crippen molar-refractivity contribution < 1.29 is 9.16 Å². The van der Waals surface area contributed by atoms with E-state index in [4.69, 9.17) is 9.16 Å². The Kier molecular flexibility index (Phi) is 15.1. The molecule has 0 amide bonds. The van der Waals surface area contributed by atoms with E-state index in [1.54, 1.807) is 0 Å². The van der Waals surface area contributed by atoms with Crippen molar-refractivity contribution in [2.45, 2.75) is 96.9 Å². The summed E-state index contributed by atoms with van der Waals surface area (Å²) < 4.78 is 11.3. The van der Waals surface area contributed by atoms with Gasteiger partial charge in [0.25, 0.3) is 0 Å². The fraction of sp³-hybridized carbons (Fsp3) is 1.00. The van der Waals surface area contributed by atoms with Crippen LogP contribution in [0.4, 0.5) is 0 Å². The van der Waals surface area contributed by atoms with Gasteiger partial charge in [-0.2, -0.15) is 0 Å². The maximum atomic E-state index is 5.71. The predicted octanol–water partition coefficient (Wildman–Crippen LogP) is 5.24. The molecule has 0 aromatic carbocycles. The molecule has 21 heavy (non-hydrogen) atoms. The summed E-state index contributed by atoms with van der Waals surface area (Å²) >= 11 is 0. The zero-order valence-corrected chi connectivity index (χ0v) is 16.6. The van der Waals surface area contributed by atoms with E-state index in [0.29, 0.717) is 5.04 Å². The molecule has 0 N–H and O–H groups in total. The molecule has 0 aromatic rings. The number of rotatable bonds is 15. The highest BCUT2D eigenvalue weighted by Gasteiger charge is 2.10. The molecule has 0 unspecified atom stereocenters. The van der Waals surface area contributed by atoms with Gasteiger partial charge in [0.15, 0.2) is 9.76 Å². The lowest BCUT2D eigenvalue weighted by molar-refractivity contribution is 0.0972. The van der Waals surface area contributed by atoms with Crippen LogP contribution in [0.25, 0.3) is 0 Å². The minimum Gasteiger partial charge on any atom is -0.421 e. The first-order chi connectivity index (χ1) is 10.1. The Balaban J connectivity index is 3.00. The smallest absolute Gasteiger partial charge is 0.166 e. The maximum absolute atomic E-state index is 5.71. The highest BCUT2D eigenvalue weighted by Crippen LogP contribution is 2.19. The molecule has 0 spiro atoms. The van der Waals surface area contributed by atoms with Gasteiger partial charge in [0.05, 0.1) is 13.2 Å². The van der Waals surface area contributed by atoms with Crippen LogP contribution in [0.5, 0.6) is 0 Å². The van der Waals surface area contributed by atoms with Crippen LogP contribution in [-0.4, -0.2) is 29.6 Å². The van der Waals surface area contributed by atoms with E-state index in [0.717, 1.165) is 19.8 Å². The summed E-state index contributed by atoms with van der Waals surface area (Å²) in [4.78, 5) is 0. The van der Waals surface area contributed by atoms with Gasteiger partial charge in [-0.25, -0.2) is 0 Å². The zero-order chi connectivity index (χ0) is 15.8. The molecule has 128 valence electrons. The molecule has 0 aliphatic rings. The minimum atomic E-state index is -0.392. The van der Waals surface area contributed by atoms with Gasteiger partial charge in [0, 0.05) is 6.61 Å². The van der Waals surface area contributed by atoms with E-state index in [2.05, 4.69) is 27.7 Å². The third-order valence-electron chi connectivity index (χ3n) is 3.55. The molecule has 0 saturated carbocycles. The Bertz CT molecular complexity index is 202. The largest absolute Gasteiger partial charge is 0.421 e. The summed E-state index contributed by atoms with van der Waals surface area (Å²) in [5.74, 6) is 0. The zero-order valence-electron chi connectivity index (χ0n) is 15.2. The summed E-state index contributed by atoms with van der Waals surface area (Å²) in [6.07, 6.45) is 13.8. The molecule has 0 fully saturated rings. The van der Waals surface area contributed by atoms with Crippen LogP contribution in [0.1, 0.15) is 91.9 Å². The lowest BCUT2D eigenvalue weighted by Crippen LogP contribution is -2.15. The van der Waals surface area contributed by atoms with Crippen LogP contribution in [0.15, 0.2) is 0 Å². The van der Waals surface area contributed by atoms with Gasteiger partial charge in [0.1, 0.15) is 0 Å². The van der Waals surface area contributed by atoms with Gasteiger partial charge in [-0.3, -0.25) is 0 Å². The van der Waals surface area contributed by atoms with Crippen LogP contribution in [-0.2, 0) is 9.16 Å². The fourth-order valence-corrected chi connectivity index (χ4v) is 3.16. The summed E-state index contributed by atoms with van der Waals surface area (Å²) in [6.45, 7) is 11.5. The molecule has 0 aliphatic heterocycles. The van der Waals surface area contributed by atoms with E-state index in [1.807, 2.05) is 0 Å². The van der Waals surface area contributed by atoms with Crippen molar-refractivity contribution in [2.75, 3.05) is 19.8 Å². The monoisotopic (exact) mass is 316 g/mol. The molecule has 0 saturated heterocycles.